The van der Waals surface area contributed by atoms with Crippen LogP contribution in [0.4, 0.5) is 11.6 Å². The van der Waals surface area contributed by atoms with Gasteiger partial charge in [-0.25, -0.2) is 9.97 Å². The molecule has 1 fully saturated rings. The molecule has 5 nitrogen and oxygen atoms in total. The van der Waals surface area contributed by atoms with Gasteiger partial charge in [-0.1, -0.05) is 20.8 Å². The topological polar surface area (TPSA) is 53.1 Å². The number of likely N-dealkylation sites (tertiary alicyclic amines) is 1. The first-order valence-electron chi connectivity index (χ1n) is 7.66. The van der Waals surface area contributed by atoms with Crippen LogP contribution in [0.3, 0.4) is 0 Å². The largest absolute Gasteiger partial charge is 0.370 e. The van der Waals surface area contributed by atoms with E-state index in [1.54, 1.807) is 0 Å². The number of hydrogen-bond acceptors (Lipinski definition) is 5. The average molecular weight is 277 g/mol. The fraction of sp³-hybridized carbons (Fsp3) is 0.733. The Hall–Kier alpha value is -1.36. The highest BCUT2D eigenvalue weighted by atomic mass is 15.2. The number of anilines is 2. The lowest BCUT2D eigenvalue weighted by Crippen LogP contribution is -2.24. The van der Waals surface area contributed by atoms with Crippen molar-refractivity contribution in [2.75, 3.05) is 37.3 Å². The summed E-state index contributed by atoms with van der Waals surface area (Å²) < 4.78 is 0. The smallest absolute Gasteiger partial charge is 0.135 e. The minimum absolute atomic E-state index is 0.338. The van der Waals surface area contributed by atoms with Crippen LogP contribution in [0.5, 0.6) is 0 Å². The van der Waals surface area contributed by atoms with Gasteiger partial charge in [-0.15, -0.1) is 0 Å². The number of aromatic nitrogens is 2. The molecule has 1 unspecified atom stereocenters. The fourth-order valence-corrected chi connectivity index (χ4v) is 2.40. The molecule has 0 aliphatic carbocycles. The van der Waals surface area contributed by atoms with Gasteiger partial charge in [-0.05, 0) is 26.4 Å². The second-order valence-corrected chi connectivity index (χ2v) is 5.97. The lowest BCUT2D eigenvalue weighted by Gasteiger charge is -2.16. The maximum atomic E-state index is 4.65. The normalized spacial score (nSPS) is 19.6. The standard InChI is InChI=1S/C15H27N5/c1-5-7-16-13-9-14(19-15(18-13)11(2)3)17-12-6-8-20(4)10-12/h9,11-12H,5-8,10H2,1-4H3,(H2,16,17,18,19). The quantitative estimate of drug-likeness (QED) is 0.837. The summed E-state index contributed by atoms with van der Waals surface area (Å²) in [6, 6.07) is 2.52. The van der Waals surface area contributed by atoms with Crippen molar-refractivity contribution >= 4 is 11.6 Å². The van der Waals surface area contributed by atoms with Crippen molar-refractivity contribution < 1.29 is 0 Å². The monoisotopic (exact) mass is 277 g/mol. The van der Waals surface area contributed by atoms with E-state index < -0.39 is 0 Å². The Kier molecular flexibility index (Phi) is 5.17. The predicted octanol–water partition coefficient (Wildman–Crippen LogP) is 2.54. The van der Waals surface area contributed by atoms with E-state index in [1.165, 1.54) is 6.42 Å². The van der Waals surface area contributed by atoms with Crippen molar-refractivity contribution in [3.8, 4) is 0 Å². The van der Waals surface area contributed by atoms with E-state index in [2.05, 4.69) is 53.3 Å². The van der Waals surface area contributed by atoms with E-state index in [0.717, 1.165) is 43.5 Å². The Morgan fingerprint density at radius 2 is 2.10 bits per heavy atom. The molecule has 1 aromatic heterocycles. The molecule has 1 aromatic rings. The van der Waals surface area contributed by atoms with Crippen LogP contribution in [0.15, 0.2) is 6.07 Å². The van der Waals surface area contributed by atoms with Crippen molar-refractivity contribution in [3.05, 3.63) is 11.9 Å². The van der Waals surface area contributed by atoms with Crippen molar-refractivity contribution in [2.24, 2.45) is 0 Å². The fourth-order valence-electron chi connectivity index (χ4n) is 2.40. The van der Waals surface area contributed by atoms with Crippen molar-refractivity contribution in [1.29, 1.82) is 0 Å². The number of rotatable bonds is 6. The molecule has 1 aliphatic rings. The molecule has 0 amide bonds. The molecule has 0 spiro atoms. The number of nitrogens with zero attached hydrogens (tertiary/aromatic N) is 3. The Labute approximate surface area is 122 Å². The van der Waals surface area contributed by atoms with Gasteiger partial charge in [0.05, 0.1) is 0 Å². The Morgan fingerprint density at radius 1 is 1.35 bits per heavy atom. The van der Waals surface area contributed by atoms with Crippen molar-refractivity contribution in [3.63, 3.8) is 0 Å². The highest BCUT2D eigenvalue weighted by molar-refractivity contribution is 5.48. The van der Waals surface area contributed by atoms with Crippen molar-refractivity contribution in [1.82, 2.24) is 14.9 Å². The van der Waals surface area contributed by atoms with Gasteiger partial charge >= 0.3 is 0 Å². The first-order valence-corrected chi connectivity index (χ1v) is 7.66. The first kappa shape index (κ1) is 15.0. The molecule has 0 saturated carbocycles. The second-order valence-electron chi connectivity index (χ2n) is 5.97. The molecule has 1 saturated heterocycles. The molecule has 2 N–H and O–H groups in total. The molecule has 5 heteroatoms. The summed E-state index contributed by atoms with van der Waals surface area (Å²) in [6.07, 6.45) is 2.27. The minimum atomic E-state index is 0.338. The van der Waals surface area contributed by atoms with Crippen LogP contribution in [0.25, 0.3) is 0 Å². The van der Waals surface area contributed by atoms with E-state index in [9.17, 15) is 0 Å². The molecule has 2 rings (SSSR count). The van der Waals surface area contributed by atoms with Gasteiger partial charge in [0, 0.05) is 31.1 Å². The third-order valence-corrected chi connectivity index (χ3v) is 3.56. The summed E-state index contributed by atoms with van der Waals surface area (Å²) in [5, 5.41) is 6.91. The molecular formula is C15H27N5. The zero-order valence-corrected chi connectivity index (χ0v) is 13.1. The van der Waals surface area contributed by atoms with Crippen LogP contribution in [-0.4, -0.2) is 47.6 Å². The molecule has 20 heavy (non-hydrogen) atoms. The lowest BCUT2D eigenvalue weighted by molar-refractivity contribution is 0.414. The summed E-state index contributed by atoms with van der Waals surface area (Å²) in [5.41, 5.74) is 0. The molecule has 1 aliphatic heterocycles. The zero-order valence-electron chi connectivity index (χ0n) is 13.1. The van der Waals surface area contributed by atoms with E-state index in [1.807, 2.05) is 6.07 Å². The average Bonchev–Trinajstić information content (AvgIpc) is 2.81. The summed E-state index contributed by atoms with van der Waals surface area (Å²) in [4.78, 5) is 11.6. The number of nitrogens with one attached hydrogen (secondary N) is 2. The van der Waals surface area contributed by atoms with Crippen LogP contribution < -0.4 is 10.6 Å². The molecule has 0 aromatic carbocycles. The van der Waals surface area contributed by atoms with Gasteiger partial charge < -0.3 is 15.5 Å². The lowest BCUT2D eigenvalue weighted by atomic mass is 10.2. The summed E-state index contributed by atoms with van der Waals surface area (Å²) in [6.45, 7) is 9.60. The number of likely N-dealkylation sites (N-methyl/N-ethyl adjacent to an activating group) is 1. The maximum Gasteiger partial charge on any atom is 0.135 e. The first-order chi connectivity index (χ1) is 9.58. The van der Waals surface area contributed by atoms with Crippen LogP contribution in [0.2, 0.25) is 0 Å². The van der Waals surface area contributed by atoms with Crippen LogP contribution in [0.1, 0.15) is 45.4 Å². The zero-order chi connectivity index (χ0) is 14.5. The van der Waals surface area contributed by atoms with Gasteiger partial charge in [-0.2, -0.15) is 0 Å². The Balaban J connectivity index is 2.11. The third kappa shape index (κ3) is 4.07. The van der Waals surface area contributed by atoms with Crippen molar-refractivity contribution in [2.45, 2.75) is 45.6 Å². The van der Waals surface area contributed by atoms with E-state index in [-0.39, 0.29) is 0 Å². The van der Waals surface area contributed by atoms with Gasteiger partial charge in [0.2, 0.25) is 0 Å². The van der Waals surface area contributed by atoms with E-state index in [4.69, 9.17) is 0 Å². The molecule has 1 atom stereocenters. The maximum absolute atomic E-state index is 4.65. The van der Waals surface area contributed by atoms with Crippen LogP contribution in [-0.2, 0) is 0 Å². The molecule has 0 radical (unpaired) electrons. The molecule has 112 valence electrons. The SMILES string of the molecule is CCCNc1cc(NC2CCN(C)C2)nc(C(C)C)n1. The van der Waals surface area contributed by atoms with Gasteiger partial charge in [-0.3, -0.25) is 0 Å². The molecular weight excluding hydrogens is 250 g/mol. The Morgan fingerprint density at radius 3 is 2.70 bits per heavy atom. The second kappa shape index (κ2) is 6.88. The van der Waals surface area contributed by atoms with Crippen LogP contribution in [0, 0.1) is 0 Å². The van der Waals surface area contributed by atoms with Gasteiger partial charge in [0.25, 0.3) is 0 Å². The third-order valence-electron chi connectivity index (χ3n) is 3.56. The summed E-state index contributed by atoms with van der Waals surface area (Å²) >= 11 is 0. The number of hydrogen-bond donors (Lipinski definition) is 2. The Bertz CT molecular complexity index is 432. The minimum Gasteiger partial charge on any atom is -0.370 e. The summed E-state index contributed by atoms with van der Waals surface area (Å²) in [7, 11) is 2.16. The van der Waals surface area contributed by atoms with E-state index in [0.29, 0.717) is 12.0 Å². The van der Waals surface area contributed by atoms with Crippen LogP contribution >= 0.6 is 0 Å². The highest BCUT2D eigenvalue weighted by Crippen LogP contribution is 2.19. The molecule has 2 heterocycles. The van der Waals surface area contributed by atoms with Gasteiger partial charge in [0.1, 0.15) is 17.5 Å². The molecule has 0 bridgehead atoms. The van der Waals surface area contributed by atoms with Gasteiger partial charge in [0.15, 0.2) is 0 Å². The predicted molar refractivity (Wildman–Crippen MR) is 84.4 cm³/mol. The highest BCUT2D eigenvalue weighted by Gasteiger charge is 2.20. The summed E-state index contributed by atoms with van der Waals surface area (Å²) in [5.74, 6) is 3.12. The van der Waals surface area contributed by atoms with E-state index >= 15 is 0 Å².